The predicted octanol–water partition coefficient (Wildman–Crippen LogP) is 3.25. The first kappa shape index (κ1) is 18.4. The fourth-order valence-electron chi connectivity index (χ4n) is 2.59. The number of fused-ring (bicyclic) bond motifs is 1. The molecule has 0 bridgehead atoms. The molecule has 2 aromatic heterocycles. The second-order valence-electron chi connectivity index (χ2n) is 6.47. The summed E-state index contributed by atoms with van der Waals surface area (Å²) in [6.45, 7) is 4.91. The number of aromatic nitrogens is 2. The standard InChI is InChI=1S/C19H20N4O4/c1-13(2)12-27-15-8-4-3-7-14(15)11-20-18-17(23(25)26)19(24)22-10-6-5-9-16(22)21-18/h3-10,13,20H,11-12H2,1-2H3. The molecule has 0 amide bonds. The van der Waals surface area contributed by atoms with Crippen LogP contribution in [0.5, 0.6) is 5.75 Å². The second kappa shape index (κ2) is 7.86. The molecule has 3 rings (SSSR count). The zero-order chi connectivity index (χ0) is 19.4. The Morgan fingerprint density at radius 3 is 2.70 bits per heavy atom. The number of nitrogens with one attached hydrogen (secondary N) is 1. The SMILES string of the molecule is CC(C)COc1ccccc1CNc1nc2ccccn2c(=O)c1[N+](=O)[O-]. The van der Waals surface area contributed by atoms with Crippen LogP contribution in [0.4, 0.5) is 11.5 Å². The van der Waals surface area contributed by atoms with E-state index in [-0.39, 0.29) is 12.4 Å². The van der Waals surface area contributed by atoms with Crippen LogP contribution in [0, 0.1) is 16.0 Å². The smallest absolute Gasteiger partial charge is 0.376 e. The van der Waals surface area contributed by atoms with Gasteiger partial charge in [-0.1, -0.05) is 38.1 Å². The monoisotopic (exact) mass is 368 g/mol. The molecule has 0 saturated heterocycles. The lowest BCUT2D eigenvalue weighted by Crippen LogP contribution is -2.21. The van der Waals surface area contributed by atoms with Crippen molar-refractivity contribution in [1.29, 1.82) is 0 Å². The molecule has 8 nitrogen and oxygen atoms in total. The van der Waals surface area contributed by atoms with Gasteiger partial charge in [0.15, 0.2) is 0 Å². The van der Waals surface area contributed by atoms with Crippen molar-refractivity contribution < 1.29 is 9.66 Å². The van der Waals surface area contributed by atoms with Crippen molar-refractivity contribution in [3.8, 4) is 5.75 Å². The van der Waals surface area contributed by atoms with Crippen molar-refractivity contribution >= 4 is 17.2 Å². The molecule has 27 heavy (non-hydrogen) atoms. The summed E-state index contributed by atoms with van der Waals surface area (Å²) in [6.07, 6.45) is 1.45. The van der Waals surface area contributed by atoms with Gasteiger partial charge in [0.25, 0.3) is 0 Å². The van der Waals surface area contributed by atoms with Crippen molar-refractivity contribution in [2.24, 2.45) is 5.92 Å². The zero-order valence-electron chi connectivity index (χ0n) is 15.1. The maximum absolute atomic E-state index is 12.5. The van der Waals surface area contributed by atoms with Gasteiger partial charge in [-0.25, -0.2) is 4.98 Å². The average molecular weight is 368 g/mol. The predicted molar refractivity (Wildman–Crippen MR) is 102 cm³/mol. The highest BCUT2D eigenvalue weighted by atomic mass is 16.6. The number of hydrogen-bond donors (Lipinski definition) is 1. The summed E-state index contributed by atoms with van der Waals surface area (Å²) in [4.78, 5) is 27.4. The summed E-state index contributed by atoms with van der Waals surface area (Å²) in [5.74, 6) is 1.00. The Labute approximate surface area is 155 Å². The van der Waals surface area contributed by atoms with E-state index in [1.807, 2.05) is 24.3 Å². The maximum Gasteiger partial charge on any atom is 0.376 e. The second-order valence-corrected chi connectivity index (χ2v) is 6.47. The van der Waals surface area contributed by atoms with Gasteiger partial charge in [-0.05, 0) is 24.1 Å². The van der Waals surface area contributed by atoms with Crippen LogP contribution in [-0.4, -0.2) is 20.9 Å². The summed E-state index contributed by atoms with van der Waals surface area (Å²) < 4.78 is 6.95. The number of nitro groups is 1. The Bertz CT molecular complexity index is 1030. The number of nitrogens with zero attached hydrogens (tertiary/aromatic N) is 3. The van der Waals surface area contributed by atoms with E-state index in [0.29, 0.717) is 23.9 Å². The minimum absolute atomic E-state index is 0.0603. The van der Waals surface area contributed by atoms with E-state index >= 15 is 0 Å². The average Bonchev–Trinajstić information content (AvgIpc) is 2.65. The van der Waals surface area contributed by atoms with Gasteiger partial charge in [-0.3, -0.25) is 19.3 Å². The molecule has 8 heteroatoms. The molecule has 0 saturated carbocycles. The lowest BCUT2D eigenvalue weighted by molar-refractivity contribution is -0.385. The number of ether oxygens (including phenoxy) is 1. The van der Waals surface area contributed by atoms with Gasteiger partial charge >= 0.3 is 11.2 Å². The lowest BCUT2D eigenvalue weighted by Gasteiger charge is -2.14. The lowest BCUT2D eigenvalue weighted by atomic mass is 10.2. The van der Waals surface area contributed by atoms with Gasteiger partial charge in [-0.15, -0.1) is 0 Å². The molecular formula is C19H20N4O4. The number of benzene rings is 1. The molecular weight excluding hydrogens is 348 g/mol. The first-order valence-electron chi connectivity index (χ1n) is 8.57. The van der Waals surface area contributed by atoms with E-state index in [2.05, 4.69) is 24.1 Å². The van der Waals surface area contributed by atoms with Crippen LogP contribution in [-0.2, 0) is 6.54 Å². The van der Waals surface area contributed by atoms with Crippen LogP contribution in [0.15, 0.2) is 53.5 Å². The summed E-state index contributed by atoms with van der Waals surface area (Å²) in [5.41, 5.74) is -0.154. The summed E-state index contributed by atoms with van der Waals surface area (Å²) in [5, 5.41) is 14.4. The van der Waals surface area contributed by atoms with Crippen LogP contribution in [0.1, 0.15) is 19.4 Å². The van der Waals surface area contributed by atoms with Crippen molar-refractivity contribution in [3.05, 3.63) is 74.7 Å². The van der Waals surface area contributed by atoms with E-state index < -0.39 is 16.2 Å². The first-order chi connectivity index (χ1) is 13.0. The van der Waals surface area contributed by atoms with Crippen LogP contribution < -0.4 is 15.6 Å². The van der Waals surface area contributed by atoms with E-state index in [1.54, 1.807) is 18.2 Å². The molecule has 0 aliphatic rings. The van der Waals surface area contributed by atoms with Crippen molar-refractivity contribution in [3.63, 3.8) is 0 Å². The number of para-hydroxylation sites is 1. The maximum atomic E-state index is 12.5. The molecule has 140 valence electrons. The Kier molecular flexibility index (Phi) is 5.35. The minimum atomic E-state index is -0.725. The topological polar surface area (TPSA) is 98.8 Å². The largest absolute Gasteiger partial charge is 0.493 e. The van der Waals surface area contributed by atoms with Gasteiger partial charge in [0, 0.05) is 18.3 Å². The molecule has 0 radical (unpaired) electrons. The van der Waals surface area contributed by atoms with Crippen molar-refractivity contribution in [1.82, 2.24) is 9.38 Å². The van der Waals surface area contributed by atoms with Crippen molar-refractivity contribution in [2.75, 3.05) is 11.9 Å². The molecule has 0 fully saturated rings. The van der Waals surface area contributed by atoms with Gasteiger partial charge in [0.05, 0.1) is 11.5 Å². The highest BCUT2D eigenvalue weighted by Crippen LogP contribution is 2.23. The Balaban J connectivity index is 1.93. The number of pyridine rings is 1. The van der Waals surface area contributed by atoms with Crippen LogP contribution >= 0.6 is 0 Å². The summed E-state index contributed by atoms with van der Waals surface area (Å²) >= 11 is 0. The molecule has 1 N–H and O–H groups in total. The van der Waals surface area contributed by atoms with Crippen LogP contribution in [0.2, 0.25) is 0 Å². The number of hydrogen-bond acceptors (Lipinski definition) is 6. The van der Waals surface area contributed by atoms with Gasteiger partial charge < -0.3 is 10.1 Å². The highest BCUT2D eigenvalue weighted by Gasteiger charge is 2.23. The van der Waals surface area contributed by atoms with E-state index in [1.165, 1.54) is 6.20 Å². The first-order valence-corrected chi connectivity index (χ1v) is 8.57. The summed E-state index contributed by atoms with van der Waals surface area (Å²) in [6, 6.07) is 12.4. The Morgan fingerprint density at radius 1 is 1.22 bits per heavy atom. The third-order valence-corrected chi connectivity index (χ3v) is 3.88. The van der Waals surface area contributed by atoms with Crippen molar-refractivity contribution in [2.45, 2.75) is 20.4 Å². The third-order valence-electron chi connectivity index (χ3n) is 3.88. The Hall–Kier alpha value is -3.42. The number of rotatable bonds is 7. The normalized spacial score (nSPS) is 10.9. The van der Waals surface area contributed by atoms with E-state index in [9.17, 15) is 14.9 Å². The fraction of sp³-hybridized carbons (Fsp3) is 0.263. The minimum Gasteiger partial charge on any atom is -0.493 e. The molecule has 0 aliphatic carbocycles. The van der Waals surface area contributed by atoms with E-state index in [0.717, 1.165) is 9.96 Å². The quantitative estimate of drug-likeness (QED) is 0.508. The zero-order valence-corrected chi connectivity index (χ0v) is 15.1. The summed E-state index contributed by atoms with van der Waals surface area (Å²) in [7, 11) is 0. The molecule has 2 heterocycles. The van der Waals surface area contributed by atoms with Gasteiger partial charge in [0.1, 0.15) is 11.4 Å². The van der Waals surface area contributed by atoms with E-state index in [4.69, 9.17) is 4.74 Å². The molecule has 3 aromatic rings. The number of anilines is 1. The Morgan fingerprint density at radius 2 is 1.96 bits per heavy atom. The highest BCUT2D eigenvalue weighted by molar-refractivity contribution is 5.60. The van der Waals surface area contributed by atoms with Crippen LogP contribution in [0.3, 0.4) is 0 Å². The molecule has 0 unspecified atom stereocenters. The fourth-order valence-corrected chi connectivity index (χ4v) is 2.59. The molecule has 0 spiro atoms. The van der Waals surface area contributed by atoms with Crippen LogP contribution in [0.25, 0.3) is 5.65 Å². The molecule has 0 aliphatic heterocycles. The van der Waals surface area contributed by atoms with Gasteiger partial charge in [0.2, 0.25) is 5.82 Å². The third kappa shape index (κ3) is 4.05. The molecule has 1 aromatic carbocycles. The van der Waals surface area contributed by atoms with Gasteiger partial charge in [-0.2, -0.15) is 0 Å². The molecule has 0 atom stereocenters.